The first-order valence-electron chi connectivity index (χ1n) is 6.41. The van der Waals surface area contributed by atoms with Crippen LogP contribution < -0.4 is 5.32 Å². The van der Waals surface area contributed by atoms with Crippen molar-refractivity contribution in [2.45, 2.75) is 51.6 Å². The summed E-state index contributed by atoms with van der Waals surface area (Å²) in [6.45, 7) is 5.59. The molecule has 1 fully saturated rings. The molecule has 1 aliphatic rings. The summed E-state index contributed by atoms with van der Waals surface area (Å²) in [5, 5.41) is 12.0. The molecule has 1 heterocycles. The van der Waals surface area contributed by atoms with Crippen LogP contribution in [0, 0.1) is 23.2 Å². The van der Waals surface area contributed by atoms with E-state index in [1.165, 1.54) is 0 Å². The number of nitrogens with zero attached hydrogens (tertiary/aromatic N) is 1. The van der Waals surface area contributed by atoms with Crippen molar-refractivity contribution in [2.24, 2.45) is 11.8 Å². The molecule has 1 unspecified atom stereocenters. The van der Waals surface area contributed by atoms with Crippen molar-refractivity contribution in [1.29, 1.82) is 5.26 Å². The molecule has 0 radical (unpaired) electrons. The molecule has 1 N–H and O–H groups in total. The van der Waals surface area contributed by atoms with E-state index < -0.39 is 5.67 Å². The molecule has 0 aromatic carbocycles. The molecule has 1 rings (SSSR count). The van der Waals surface area contributed by atoms with Gasteiger partial charge in [0, 0.05) is 5.92 Å². The van der Waals surface area contributed by atoms with Crippen LogP contribution in [0.4, 0.5) is 4.39 Å². The van der Waals surface area contributed by atoms with Crippen molar-refractivity contribution in [1.82, 2.24) is 5.32 Å². The van der Waals surface area contributed by atoms with Gasteiger partial charge in [-0.25, -0.2) is 4.39 Å². The van der Waals surface area contributed by atoms with Gasteiger partial charge in [0.05, 0.1) is 6.07 Å². The van der Waals surface area contributed by atoms with Gasteiger partial charge in [-0.15, -0.1) is 0 Å². The minimum absolute atomic E-state index is 0.0806. The summed E-state index contributed by atoms with van der Waals surface area (Å²) in [7, 11) is 0. The van der Waals surface area contributed by atoms with Gasteiger partial charge in [-0.3, -0.25) is 0 Å². The minimum atomic E-state index is -1.00. The van der Waals surface area contributed by atoms with Crippen LogP contribution >= 0.6 is 0 Å². The molecule has 1 saturated heterocycles. The van der Waals surface area contributed by atoms with Crippen molar-refractivity contribution >= 4 is 0 Å². The second-order valence-corrected chi connectivity index (χ2v) is 5.00. The van der Waals surface area contributed by atoms with Crippen LogP contribution in [-0.4, -0.2) is 18.8 Å². The highest BCUT2D eigenvalue weighted by atomic mass is 19.1. The van der Waals surface area contributed by atoms with E-state index in [0.29, 0.717) is 12.8 Å². The fourth-order valence-electron chi connectivity index (χ4n) is 2.41. The summed E-state index contributed by atoms with van der Waals surface area (Å²) in [6.07, 6.45) is 3.80. The van der Waals surface area contributed by atoms with E-state index in [9.17, 15) is 4.39 Å². The van der Waals surface area contributed by atoms with Gasteiger partial charge in [-0.2, -0.15) is 5.26 Å². The highest BCUT2D eigenvalue weighted by molar-refractivity contribution is 4.90. The maximum absolute atomic E-state index is 14.5. The van der Waals surface area contributed by atoms with Crippen LogP contribution in [0.3, 0.4) is 0 Å². The first kappa shape index (κ1) is 13.4. The zero-order valence-corrected chi connectivity index (χ0v) is 10.4. The molecule has 2 nitrogen and oxygen atoms in total. The van der Waals surface area contributed by atoms with E-state index in [-0.39, 0.29) is 11.8 Å². The number of nitrogens with one attached hydrogen (secondary N) is 1. The average molecular weight is 226 g/mol. The Bertz CT molecular complexity index is 241. The molecule has 3 heteroatoms. The second-order valence-electron chi connectivity index (χ2n) is 5.00. The average Bonchev–Trinajstić information content (AvgIpc) is 2.31. The van der Waals surface area contributed by atoms with Crippen molar-refractivity contribution in [3.8, 4) is 6.07 Å². The van der Waals surface area contributed by atoms with Gasteiger partial charge in [0.1, 0.15) is 5.67 Å². The quantitative estimate of drug-likeness (QED) is 0.782. The molecule has 2 atom stereocenters. The summed E-state index contributed by atoms with van der Waals surface area (Å²) >= 11 is 0. The molecule has 92 valence electrons. The number of alkyl halides is 1. The van der Waals surface area contributed by atoms with Crippen molar-refractivity contribution in [3.63, 3.8) is 0 Å². The second kappa shape index (κ2) is 6.20. The highest BCUT2D eigenvalue weighted by Gasteiger charge is 2.37. The Labute approximate surface area is 98.2 Å². The van der Waals surface area contributed by atoms with E-state index in [2.05, 4.69) is 11.4 Å². The largest absolute Gasteiger partial charge is 0.316 e. The Hall–Kier alpha value is -0.620. The third-order valence-corrected chi connectivity index (χ3v) is 3.94. The van der Waals surface area contributed by atoms with Gasteiger partial charge in [-0.1, -0.05) is 13.8 Å². The summed E-state index contributed by atoms with van der Waals surface area (Å²) < 4.78 is 14.5. The Morgan fingerprint density at radius 1 is 1.38 bits per heavy atom. The zero-order chi connectivity index (χ0) is 12.0. The standard InChI is InChI=1S/C13H23FN2/c1-3-12(10-15)5-4-11(2)13(14)6-8-16-9-7-13/h11-12,16H,3-9H2,1-2H3/t11-,12?/m0/s1. The lowest BCUT2D eigenvalue weighted by molar-refractivity contribution is 0.0473. The molecule has 0 aromatic heterocycles. The van der Waals surface area contributed by atoms with Gasteiger partial charge in [0.25, 0.3) is 0 Å². The van der Waals surface area contributed by atoms with Gasteiger partial charge in [-0.05, 0) is 51.1 Å². The molecule has 0 spiro atoms. The van der Waals surface area contributed by atoms with Crippen molar-refractivity contribution in [3.05, 3.63) is 0 Å². The maximum atomic E-state index is 14.5. The predicted molar refractivity (Wildman–Crippen MR) is 63.7 cm³/mol. The number of rotatable bonds is 5. The van der Waals surface area contributed by atoms with Crippen LogP contribution in [-0.2, 0) is 0 Å². The Balaban J connectivity index is 2.39. The van der Waals surface area contributed by atoms with Gasteiger partial charge < -0.3 is 5.32 Å². The number of halogens is 1. The van der Waals surface area contributed by atoms with Crippen LogP contribution in [0.5, 0.6) is 0 Å². The van der Waals surface area contributed by atoms with Crippen LogP contribution in [0.2, 0.25) is 0 Å². The number of nitriles is 1. The third-order valence-electron chi connectivity index (χ3n) is 3.94. The van der Waals surface area contributed by atoms with Crippen LogP contribution in [0.1, 0.15) is 46.0 Å². The van der Waals surface area contributed by atoms with Gasteiger partial charge in [0.15, 0.2) is 0 Å². The molecular formula is C13H23FN2. The van der Waals surface area contributed by atoms with E-state index in [0.717, 1.165) is 32.4 Å². The van der Waals surface area contributed by atoms with Crippen molar-refractivity contribution in [2.75, 3.05) is 13.1 Å². The molecular weight excluding hydrogens is 203 g/mol. The summed E-state index contributed by atoms with van der Waals surface area (Å²) in [6, 6.07) is 2.29. The van der Waals surface area contributed by atoms with Gasteiger partial charge in [0.2, 0.25) is 0 Å². The monoisotopic (exact) mass is 226 g/mol. The normalized spacial score (nSPS) is 23.4. The molecule has 0 aliphatic carbocycles. The smallest absolute Gasteiger partial charge is 0.116 e. The first-order chi connectivity index (χ1) is 7.62. The lowest BCUT2D eigenvalue weighted by atomic mass is 9.79. The summed E-state index contributed by atoms with van der Waals surface area (Å²) in [5.41, 5.74) is -1.00. The Morgan fingerprint density at radius 2 is 2.00 bits per heavy atom. The fraction of sp³-hybridized carbons (Fsp3) is 0.923. The van der Waals surface area contributed by atoms with Crippen molar-refractivity contribution < 1.29 is 4.39 Å². The molecule has 0 aromatic rings. The molecule has 0 amide bonds. The summed E-state index contributed by atoms with van der Waals surface area (Å²) in [4.78, 5) is 0. The lowest BCUT2D eigenvalue weighted by Gasteiger charge is -2.35. The lowest BCUT2D eigenvalue weighted by Crippen LogP contribution is -2.43. The molecule has 1 aliphatic heterocycles. The Kier molecular flexibility index (Phi) is 5.21. The SMILES string of the molecule is CCC(C#N)CC[C@H](C)C1(F)CCNCC1. The topological polar surface area (TPSA) is 35.8 Å². The van der Waals surface area contributed by atoms with Crippen LogP contribution in [0.15, 0.2) is 0 Å². The predicted octanol–water partition coefficient (Wildman–Crippen LogP) is 3.04. The van der Waals surface area contributed by atoms with E-state index >= 15 is 0 Å². The fourth-order valence-corrected chi connectivity index (χ4v) is 2.41. The Morgan fingerprint density at radius 3 is 2.50 bits per heavy atom. The van der Waals surface area contributed by atoms with Gasteiger partial charge >= 0.3 is 0 Å². The van der Waals surface area contributed by atoms with E-state index in [4.69, 9.17) is 5.26 Å². The summed E-state index contributed by atoms with van der Waals surface area (Å²) in [5.74, 6) is 0.185. The first-order valence-corrected chi connectivity index (χ1v) is 6.41. The van der Waals surface area contributed by atoms with E-state index in [1.54, 1.807) is 0 Å². The maximum Gasteiger partial charge on any atom is 0.116 e. The zero-order valence-electron chi connectivity index (χ0n) is 10.4. The number of hydrogen-bond acceptors (Lipinski definition) is 2. The van der Waals surface area contributed by atoms with E-state index in [1.807, 2.05) is 13.8 Å². The third kappa shape index (κ3) is 3.45. The van der Waals surface area contributed by atoms with Crippen LogP contribution in [0.25, 0.3) is 0 Å². The molecule has 0 saturated carbocycles. The molecule has 16 heavy (non-hydrogen) atoms. The molecule has 0 bridgehead atoms. The minimum Gasteiger partial charge on any atom is -0.316 e. The highest BCUT2D eigenvalue weighted by Crippen LogP contribution is 2.35. The number of hydrogen-bond donors (Lipinski definition) is 1. The number of piperidine rings is 1.